The number of likely N-dealkylation sites (N-methyl/N-ethyl adjacent to an activating group) is 1. The Balaban J connectivity index is 2.04. The normalized spacial score (nSPS) is 18.4. The molecule has 1 aliphatic heterocycles. The number of nitrogens with two attached hydrogens (primary N) is 1. The van der Waals surface area contributed by atoms with E-state index >= 15 is 0 Å². The van der Waals surface area contributed by atoms with Crippen LogP contribution in [-0.2, 0) is 0 Å². The van der Waals surface area contributed by atoms with E-state index in [1.54, 1.807) is 25.3 Å². The van der Waals surface area contributed by atoms with Crippen molar-refractivity contribution in [3.8, 4) is 5.75 Å². The summed E-state index contributed by atoms with van der Waals surface area (Å²) in [6.45, 7) is 9.15. The number of piperazine rings is 1. The van der Waals surface area contributed by atoms with Crippen molar-refractivity contribution < 1.29 is 9.53 Å². The second-order valence-corrected chi connectivity index (χ2v) is 5.47. The van der Waals surface area contributed by atoms with Crippen LogP contribution in [0.15, 0.2) is 18.2 Å². The highest BCUT2D eigenvalue weighted by atomic mass is 16.5. The van der Waals surface area contributed by atoms with Crippen LogP contribution in [0.4, 0.5) is 5.69 Å². The van der Waals surface area contributed by atoms with Crippen LogP contribution in [0.2, 0.25) is 0 Å². The zero-order chi connectivity index (χ0) is 15.4. The van der Waals surface area contributed by atoms with E-state index in [0.717, 1.165) is 32.7 Å². The Morgan fingerprint density at radius 2 is 2.00 bits per heavy atom. The number of Topliss-reactive ketones (excluding diaryl/α,β-unsaturated/α-hetero) is 1. The predicted molar refractivity (Wildman–Crippen MR) is 84.9 cm³/mol. The number of nitrogen functional groups attached to an aromatic ring is 1. The number of benzene rings is 1. The molecule has 1 heterocycles. The minimum Gasteiger partial charge on any atom is -0.495 e. The Labute approximate surface area is 126 Å². The Bertz CT molecular complexity index is 496. The first-order valence-corrected chi connectivity index (χ1v) is 7.51. The van der Waals surface area contributed by atoms with Crippen molar-refractivity contribution in [3.05, 3.63) is 23.8 Å². The molecule has 0 saturated carbocycles. The van der Waals surface area contributed by atoms with Gasteiger partial charge in [-0.15, -0.1) is 0 Å². The molecule has 1 aromatic rings. The number of ketones is 1. The lowest BCUT2D eigenvalue weighted by molar-refractivity contribution is 0.0710. The second-order valence-electron chi connectivity index (χ2n) is 5.47. The fraction of sp³-hybridized carbons (Fsp3) is 0.562. The Morgan fingerprint density at radius 1 is 1.33 bits per heavy atom. The third-order valence-corrected chi connectivity index (χ3v) is 4.30. The SMILES string of the molecule is CCN1CCN(C(C)C(=O)c2ccc(OC)c(N)c2)CC1. The van der Waals surface area contributed by atoms with Crippen LogP contribution >= 0.6 is 0 Å². The molecule has 0 aromatic heterocycles. The van der Waals surface area contributed by atoms with E-state index < -0.39 is 0 Å². The van der Waals surface area contributed by atoms with Gasteiger partial charge in [-0.1, -0.05) is 6.92 Å². The molecule has 1 atom stereocenters. The highest BCUT2D eigenvalue weighted by molar-refractivity contribution is 6.00. The summed E-state index contributed by atoms with van der Waals surface area (Å²) in [5, 5.41) is 0. The van der Waals surface area contributed by atoms with Crippen LogP contribution in [0.25, 0.3) is 0 Å². The average molecular weight is 291 g/mol. The first-order chi connectivity index (χ1) is 10.1. The van der Waals surface area contributed by atoms with Crippen LogP contribution < -0.4 is 10.5 Å². The summed E-state index contributed by atoms with van der Waals surface area (Å²) >= 11 is 0. The van der Waals surface area contributed by atoms with Gasteiger partial charge < -0.3 is 15.4 Å². The topological polar surface area (TPSA) is 58.8 Å². The highest BCUT2D eigenvalue weighted by Gasteiger charge is 2.26. The van der Waals surface area contributed by atoms with E-state index in [1.165, 1.54) is 0 Å². The van der Waals surface area contributed by atoms with Gasteiger partial charge in [0.05, 0.1) is 18.8 Å². The van der Waals surface area contributed by atoms with Gasteiger partial charge in [-0.25, -0.2) is 0 Å². The van der Waals surface area contributed by atoms with Crippen LogP contribution in [0.1, 0.15) is 24.2 Å². The third-order valence-electron chi connectivity index (χ3n) is 4.30. The number of hydrogen-bond donors (Lipinski definition) is 1. The van der Waals surface area contributed by atoms with Gasteiger partial charge in [-0.2, -0.15) is 0 Å². The zero-order valence-corrected chi connectivity index (χ0v) is 13.1. The predicted octanol–water partition coefficient (Wildman–Crippen LogP) is 1.49. The number of carbonyl (C=O) groups is 1. The molecule has 116 valence electrons. The van der Waals surface area contributed by atoms with Crippen molar-refractivity contribution in [2.75, 3.05) is 45.6 Å². The molecule has 2 N–H and O–H groups in total. The summed E-state index contributed by atoms with van der Waals surface area (Å²) in [6, 6.07) is 5.14. The number of methoxy groups -OCH3 is 1. The van der Waals surface area contributed by atoms with Gasteiger partial charge in [0, 0.05) is 31.7 Å². The van der Waals surface area contributed by atoms with Gasteiger partial charge in [0.1, 0.15) is 5.75 Å². The van der Waals surface area contributed by atoms with Crippen LogP contribution in [-0.4, -0.2) is 61.5 Å². The van der Waals surface area contributed by atoms with Crippen molar-refractivity contribution in [1.29, 1.82) is 0 Å². The molecule has 21 heavy (non-hydrogen) atoms. The van der Waals surface area contributed by atoms with Crippen molar-refractivity contribution in [2.24, 2.45) is 0 Å². The molecule has 1 aromatic carbocycles. The van der Waals surface area contributed by atoms with E-state index in [2.05, 4.69) is 16.7 Å². The summed E-state index contributed by atoms with van der Waals surface area (Å²) in [7, 11) is 1.57. The average Bonchev–Trinajstić information content (AvgIpc) is 2.53. The van der Waals surface area contributed by atoms with E-state index in [0.29, 0.717) is 17.0 Å². The van der Waals surface area contributed by atoms with Gasteiger partial charge >= 0.3 is 0 Å². The number of nitrogens with zero attached hydrogens (tertiary/aromatic N) is 2. The maximum absolute atomic E-state index is 12.6. The fourth-order valence-electron chi connectivity index (χ4n) is 2.76. The Kier molecular flexibility index (Phi) is 5.20. The summed E-state index contributed by atoms with van der Waals surface area (Å²) < 4.78 is 5.13. The first kappa shape index (κ1) is 15.8. The van der Waals surface area contributed by atoms with Gasteiger partial charge in [0.15, 0.2) is 5.78 Å². The monoisotopic (exact) mass is 291 g/mol. The molecule has 0 radical (unpaired) electrons. The van der Waals surface area contributed by atoms with Gasteiger partial charge in [0.25, 0.3) is 0 Å². The highest BCUT2D eigenvalue weighted by Crippen LogP contribution is 2.23. The summed E-state index contributed by atoms with van der Waals surface area (Å²) in [6.07, 6.45) is 0. The number of ether oxygens (including phenoxy) is 1. The molecule has 0 spiro atoms. The molecule has 1 unspecified atom stereocenters. The zero-order valence-electron chi connectivity index (χ0n) is 13.1. The van der Waals surface area contributed by atoms with E-state index in [1.807, 2.05) is 6.92 Å². The number of hydrogen-bond acceptors (Lipinski definition) is 5. The lowest BCUT2D eigenvalue weighted by atomic mass is 10.0. The Morgan fingerprint density at radius 3 is 2.52 bits per heavy atom. The number of carbonyl (C=O) groups excluding carboxylic acids is 1. The first-order valence-electron chi connectivity index (χ1n) is 7.51. The number of rotatable bonds is 5. The van der Waals surface area contributed by atoms with Crippen molar-refractivity contribution in [2.45, 2.75) is 19.9 Å². The fourth-order valence-corrected chi connectivity index (χ4v) is 2.76. The van der Waals surface area contributed by atoms with Crippen LogP contribution in [0.5, 0.6) is 5.75 Å². The second kappa shape index (κ2) is 6.91. The molecule has 1 fully saturated rings. The molecule has 2 rings (SSSR count). The van der Waals surface area contributed by atoms with E-state index in [-0.39, 0.29) is 11.8 Å². The molecular formula is C16H25N3O2. The lowest BCUT2D eigenvalue weighted by Crippen LogP contribution is -2.51. The third kappa shape index (κ3) is 3.54. The quantitative estimate of drug-likeness (QED) is 0.658. The molecule has 5 nitrogen and oxygen atoms in total. The summed E-state index contributed by atoms with van der Waals surface area (Å²) in [4.78, 5) is 17.2. The van der Waals surface area contributed by atoms with Crippen molar-refractivity contribution in [1.82, 2.24) is 9.80 Å². The van der Waals surface area contributed by atoms with Crippen LogP contribution in [0, 0.1) is 0 Å². The molecule has 1 saturated heterocycles. The van der Waals surface area contributed by atoms with Gasteiger partial charge in [0.2, 0.25) is 0 Å². The summed E-state index contributed by atoms with van der Waals surface area (Å²) in [5.41, 5.74) is 7.04. The summed E-state index contributed by atoms with van der Waals surface area (Å²) in [5.74, 6) is 0.727. The maximum atomic E-state index is 12.6. The standard InChI is InChI=1S/C16H25N3O2/c1-4-18-7-9-19(10-8-18)12(2)16(20)13-5-6-15(21-3)14(17)11-13/h5-6,11-12H,4,7-10,17H2,1-3H3. The van der Waals surface area contributed by atoms with Gasteiger partial charge in [-0.3, -0.25) is 9.69 Å². The molecule has 0 amide bonds. The largest absolute Gasteiger partial charge is 0.495 e. The maximum Gasteiger partial charge on any atom is 0.179 e. The molecular weight excluding hydrogens is 266 g/mol. The van der Waals surface area contributed by atoms with Crippen molar-refractivity contribution >= 4 is 11.5 Å². The van der Waals surface area contributed by atoms with E-state index in [4.69, 9.17) is 10.5 Å². The lowest BCUT2D eigenvalue weighted by Gasteiger charge is -2.37. The minimum absolute atomic E-state index is 0.114. The van der Waals surface area contributed by atoms with Crippen LogP contribution in [0.3, 0.4) is 0 Å². The number of anilines is 1. The Hall–Kier alpha value is -1.59. The van der Waals surface area contributed by atoms with Gasteiger partial charge in [-0.05, 0) is 31.7 Å². The van der Waals surface area contributed by atoms with Crippen molar-refractivity contribution in [3.63, 3.8) is 0 Å². The van der Waals surface area contributed by atoms with E-state index in [9.17, 15) is 4.79 Å². The molecule has 0 aliphatic carbocycles. The minimum atomic E-state index is -0.114. The smallest absolute Gasteiger partial charge is 0.179 e. The molecule has 0 bridgehead atoms. The molecule has 1 aliphatic rings. The molecule has 5 heteroatoms.